The predicted octanol–water partition coefficient (Wildman–Crippen LogP) is -1.44. The van der Waals surface area contributed by atoms with E-state index in [1.54, 1.807) is 6.82 Å². The Balaban J connectivity index is 2.54. The fourth-order valence-corrected chi connectivity index (χ4v) is 0. The lowest BCUT2D eigenvalue weighted by molar-refractivity contribution is 0.558. The first-order valence-corrected chi connectivity index (χ1v) is 1.41. The van der Waals surface area contributed by atoms with Crippen LogP contribution in [-0.4, -0.2) is 12.1 Å². The summed E-state index contributed by atoms with van der Waals surface area (Å²) in [7, 11) is -0.588. The van der Waals surface area contributed by atoms with Crippen LogP contribution in [0.1, 0.15) is 0 Å². The lowest BCUT2D eigenvalue weighted by Crippen LogP contribution is -2.36. The molecular weight excluding hydrogens is 66.8 g/mol. The molecule has 4 heteroatoms. The Kier molecular flexibility index (Phi) is 2.17. The summed E-state index contributed by atoms with van der Waals surface area (Å²) in [4.78, 5) is 0. The van der Waals surface area contributed by atoms with Gasteiger partial charge in [0.1, 0.15) is 0 Å². The average Bonchev–Trinajstić information content (AvgIpc) is 1.38. The standard InChI is InChI=1S/CH7BN2O/c1-2(5)4-3/h4-5H,3H2,1H3. The lowest BCUT2D eigenvalue weighted by Gasteiger charge is -1.88. The Labute approximate surface area is 31.3 Å². The van der Waals surface area contributed by atoms with Gasteiger partial charge in [-0.05, 0) is 6.82 Å². The molecule has 0 heterocycles. The van der Waals surface area contributed by atoms with Crippen molar-refractivity contribution >= 4 is 7.05 Å². The maximum absolute atomic E-state index is 8.12. The van der Waals surface area contributed by atoms with E-state index in [2.05, 4.69) is 11.2 Å². The second kappa shape index (κ2) is 2.20. The molecule has 0 aromatic rings. The highest BCUT2D eigenvalue weighted by Crippen LogP contribution is 1.50. The van der Waals surface area contributed by atoms with Gasteiger partial charge in [-0.25, -0.2) is 0 Å². The Hall–Kier alpha value is -0.0551. The molecule has 0 aliphatic carbocycles. The van der Waals surface area contributed by atoms with E-state index in [1.165, 1.54) is 0 Å². The smallest absolute Gasteiger partial charge is 0.387 e. The van der Waals surface area contributed by atoms with Gasteiger partial charge in [-0.1, -0.05) is 0 Å². The van der Waals surface area contributed by atoms with Crippen LogP contribution in [0.4, 0.5) is 0 Å². The molecule has 0 spiro atoms. The van der Waals surface area contributed by atoms with Crippen LogP contribution >= 0.6 is 0 Å². The van der Waals surface area contributed by atoms with Crippen LogP contribution in [0.2, 0.25) is 6.82 Å². The fourth-order valence-electron chi connectivity index (χ4n) is 0. The number of rotatable bonds is 1. The quantitative estimate of drug-likeness (QED) is 0.203. The third-order valence-corrected chi connectivity index (χ3v) is 0.241. The van der Waals surface area contributed by atoms with Gasteiger partial charge in [0.2, 0.25) is 0 Å². The van der Waals surface area contributed by atoms with Crippen molar-refractivity contribution in [2.45, 2.75) is 6.82 Å². The second-order valence-corrected chi connectivity index (χ2v) is 0.843. The van der Waals surface area contributed by atoms with Crippen LogP contribution in [-0.2, 0) is 0 Å². The van der Waals surface area contributed by atoms with E-state index in [0.717, 1.165) is 0 Å². The molecule has 0 aliphatic heterocycles. The Morgan fingerprint density at radius 3 is 2.20 bits per heavy atom. The van der Waals surface area contributed by atoms with Gasteiger partial charge >= 0.3 is 7.05 Å². The molecule has 0 saturated heterocycles. The van der Waals surface area contributed by atoms with Crippen molar-refractivity contribution < 1.29 is 5.02 Å². The van der Waals surface area contributed by atoms with Gasteiger partial charge in [-0.15, -0.1) is 0 Å². The van der Waals surface area contributed by atoms with Crippen molar-refractivity contribution in [2.24, 2.45) is 5.84 Å². The molecule has 0 aromatic heterocycles. The molecule has 5 heavy (non-hydrogen) atoms. The third-order valence-electron chi connectivity index (χ3n) is 0.241. The van der Waals surface area contributed by atoms with Crippen molar-refractivity contribution in [3.05, 3.63) is 0 Å². The van der Waals surface area contributed by atoms with Crippen LogP contribution in [0.3, 0.4) is 0 Å². The van der Waals surface area contributed by atoms with E-state index in [1.807, 2.05) is 0 Å². The normalized spacial score (nSPS) is 7.80. The van der Waals surface area contributed by atoms with Crippen molar-refractivity contribution in [3.8, 4) is 0 Å². The number of nitrogens with one attached hydrogen (secondary N) is 1. The van der Waals surface area contributed by atoms with E-state index < -0.39 is 7.05 Å². The van der Waals surface area contributed by atoms with E-state index in [4.69, 9.17) is 5.02 Å². The molecule has 30 valence electrons. The molecule has 0 rings (SSSR count). The number of nitrogens with two attached hydrogens (primary N) is 1. The van der Waals surface area contributed by atoms with Gasteiger partial charge in [-0.2, -0.15) is 0 Å². The monoisotopic (exact) mass is 74.1 g/mol. The molecule has 0 radical (unpaired) electrons. The molecule has 3 nitrogen and oxygen atoms in total. The highest BCUT2D eigenvalue weighted by molar-refractivity contribution is 6.45. The van der Waals surface area contributed by atoms with Crippen LogP contribution in [0, 0.1) is 0 Å². The molecule has 0 unspecified atom stereocenters. The Bertz CT molecular complexity index is 23.6. The molecule has 0 saturated carbocycles. The zero-order chi connectivity index (χ0) is 4.28. The number of hydrogen-bond donors (Lipinski definition) is 3. The fraction of sp³-hybridized carbons (Fsp3) is 1.00. The average molecular weight is 73.9 g/mol. The summed E-state index contributed by atoms with van der Waals surface area (Å²) in [5, 5.41) is 10.2. The predicted molar refractivity (Wildman–Crippen MR) is 21.2 cm³/mol. The number of hydrogen-bond acceptors (Lipinski definition) is 3. The molecule has 0 aliphatic rings. The van der Waals surface area contributed by atoms with Gasteiger partial charge in [-0.3, -0.25) is 11.2 Å². The summed E-state index contributed by atoms with van der Waals surface area (Å²) in [6.07, 6.45) is 0. The van der Waals surface area contributed by atoms with Crippen LogP contribution < -0.4 is 11.2 Å². The summed E-state index contributed by atoms with van der Waals surface area (Å²) in [5.41, 5.74) is 0. The Morgan fingerprint density at radius 1 is 2.00 bits per heavy atom. The van der Waals surface area contributed by atoms with E-state index in [9.17, 15) is 0 Å². The third kappa shape index (κ3) is 3.94. The van der Waals surface area contributed by atoms with E-state index in [0.29, 0.717) is 0 Å². The van der Waals surface area contributed by atoms with Crippen LogP contribution in [0.25, 0.3) is 0 Å². The molecule has 0 bridgehead atoms. The summed E-state index contributed by atoms with van der Waals surface area (Å²) in [5.74, 6) is 4.67. The minimum absolute atomic E-state index is 0.588. The van der Waals surface area contributed by atoms with Gasteiger partial charge in [0.05, 0.1) is 0 Å². The maximum atomic E-state index is 8.12. The van der Waals surface area contributed by atoms with Gasteiger partial charge in [0.15, 0.2) is 0 Å². The summed E-state index contributed by atoms with van der Waals surface area (Å²) in [6, 6.07) is 0. The van der Waals surface area contributed by atoms with Crippen LogP contribution in [0.15, 0.2) is 0 Å². The lowest BCUT2D eigenvalue weighted by atomic mass is 9.91. The molecule has 0 aromatic carbocycles. The highest BCUT2D eigenvalue weighted by Gasteiger charge is 1.91. The van der Waals surface area contributed by atoms with Crippen LogP contribution in [0.5, 0.6) is 0 Å². The van der Waals surface area contributed by atoms with E-state index >= 15 is 0 Å². The first-order valence-electron chi connectivity index (χ1n) is 1.41. The second-order valence-electron chi connectivity index (χ2n) is 0.843. The van der Waals surface area contributed by atoms with E-state index in [-0.39, 0.29) is 0 Å². The van der Waals surface area contributed by atoms with Gasteiger partial charge in [0.25, 0.3) is 0 Å². The largest absolute Gasteiger partial charge is 0.437 e. The first kappa shape index (κ1) is 4.94. The SMILES string of the molecule is CB(O)NN. The summed E-state index contributed by atoms with van der Waals surface area (Å²) >= 11 is 0. The maximum Gasteiger partial charge on any atom is 0.387 e. The first-order chi connectivity index (χ1) is 2.27. The minimum Gasteiger partial charge on any atom is -0.437 e. The summed E-state index contributed by atoms with van der Waals surface area (Å²) in [6.45, 7) is 1.54. The van der Waals surface area contributed by atoms with Crippen molar-refractivity contribution in [2.75, 3.05) is 0 Å². The molecule has 0 amide bonds. The van der Waals surface area contributed by atoms with Crippen molar-refractivity contribution in [1.82, 2.24) is 5.34 Å². The Morgan fingerprint density at radius 2 is 2.20 bits per heavy atom. The zero-order valence-electron chi connectivity index (χ0n) is 3.10. The topological polar surface area (TPSA) is 58.3 Å². The molecule has 4 N–H and O–H groups in total. The molecular formula is CH7BN2O. The minimum atomic E-state index is -0.588. The molecule has 0 atom stereocenters. The molecule has 0 fully saturated rings. The van der Waals surface area contributed by atoms with Crippen molar-refractivity contribution in [3.63, 3.8) is 0 Å². The highest BCUT2D eigenvalue weighted by atomic mass is 16.2. The summed E-state index contributed by atoms with van der Waals surface area (Å²) < 4.78 is 0. The number of hydrazine groups is 1. The zero-order valence-corrected chi connectivity index (χ0v) is 3.10. The van der Waals surface area contributed by atoms with Gasteiger partial charge in [0, 0.05) is 0 Å². The van der Waals surface area contributed by atoms with Crippen molar-refractivity contribution in [1.29, 1.82) is 0 Å². The van der Waals surface area contributed by atoms with Gasteiger partial charge < -0.3 is 5.02 Å².